The lowest BCUT2D eigenvalue weighted by Gasteiger charge is -2.41. The Hall–Kier alpha value is -1.55. The Morgan fingerprint density at radius 3 is 2.76 bits per heavy atom. The van der Waals surface area contributed by atoms with Gasteiger partial charge in [-0.3, -0.25) is 9.89 Å². The second-order valence-corrected chi connectivity index (χ2v) is 8.41. The van der Waals surface area contributed by atoms with Gasteiger partial charge in [0.1, 0.15) is 0 Å². The first-order valence-corrected chi connectivity index (χ1v) is 9.68. The summed E-state index contributed by atoms with van der Waals surface area (Å²) >= 11 is 6.29. The molecular formula is C20H28ClN3O. The number of carbonyl (C=O) groups excluding carboxylic acids is 1. The third-order valence-corrected chi connectivity index (χ3v) is 5.88. The van der Waals surface area contributed by atoms with Crippen molar-refractivity contribution in [3.8, 4) is 0 Å². The van der Waals surface area contributed by atoms with Gasteiger partial charge in [-0.25, -0.2) is 0 Å². The van der Waals surface area contributed by atoms with E-state index < -0.39 is 0 Å². The van der Waals surface area contributed by atoms with E-state index in [9.17, 15) is 4.79 Å². The maximum atomic E-state index is 12.1. The highest BCUT2D eigenvalue weighted by molar-refractivity contribution is 6.31. The van der Waals surface area contributed by atoms with Crippen LogP contribution in [-0.2, 0) is 11.2 Å². The van der Waals surface area contributed by atoms with Crippen LogP contribution < -0.4 is 0 Å². The second kappa shape index (κ2) is 7.36. The largest absolute Gasteiger partial charge is 0.343 e. The Kier molecular flexibility index (Phi) is 5.38. The number of H-pyrrole nitrogens is 1. The zero-order chi connectivity index (χ0) is 18.0. The van der Waals surface area contributed by atoms with Gasteiger partial charge < -0.3 is 4.90 Å². The van der Waals surface area contributed by atoms with Gasteiger partial charge in [0.15, 0.2) is 0 Å². The first-order valence-electron chi connectivity index (χ1n) is 9.30. The highest BCUT2D eigenvalue weighted by Gasteiger charge is 2.34. The first-order chi connectivity index (χ1) is 11.9. The van der Waals surface area contributed by atoms with Crippen molar-refractivity contribution in [2.45, 2.75) is 52.9 Å². The summed E-state index contributed by atoms with van der Waals surface area (Å²) in [5.41, 5.74) is 2.48. The molecule has 4 nitrogen and oxygen atoms in total. The van der Waals surface area contributed by atoms with Gasteiger partial charge in [-0.2, -0.15) is 5.10 Å². The number of nitrogens with one attached hydrogen (secondary N) is 1. The monoisotopic (exact) mass is 361 g/mol. The van der Waals surface area contributed by atoms with Crippen molar-refractivity contribution >= 4 is 28.4 Å². The Balaban J connectivity index is 1.70. The molecule has 1 aliphatic rings. The van der Waals surface area contributed by atoms with E-state index in [1.165, 1.54) is 5.56 Å². The molecule has 136 valence electrons. The molecule has 3 rings (SSSR count). The summed E-state index contributed by atoms with van der Waals surface area (Å²) in [6.07, 6.45) is 6.55. The molecule has 0 bridgehead atoms. The van der Waals surface area contributed by atoms with Crippen molar-refractivity contribution in [3.05, 3.63) is 28.9 Å². The van der Waals surface area contributed by atoms with E-state index in [0.717, 1.165) is 54.7 Å². The van der Waals surface area contributed by atoms with Crippen LogP contribution in [-0.4, -0.2) is 34.1 Å². The molecule has 1 aromatic heterocycles. The lowest BCUT2D eigenvalue weighted by atomic mass is 9.70. The molecule has 0 saturated carbocycles. The zero-order valence-electron chi connectivity index (χ0n) is 15.4. The molecule has 0 radical (unpaired) electrons. The summed E-state index contributed by atoms with van der Waals surface area (Å²) in [7, 11) is 0. The molecule has 1 aromatic carbocycles. The molecule has 25 heavy (non-hydrogen) atoms. The molecule has 2 aromatic rings. The van der Waals surface area contributed by atoms with Gasteiger partial charge in [-0.05, 0) is 54.7 Å². The van der Waals surface area contributed by atoms with Crippen LogP contribution in [0.15, 0.2) is 18.3 Å². The highest BCUT2D eigenvalue weighted by atomic mass is 35.5. The van der Waals surface area contributed by atoms with E-state index >= 15 is 0 Å². The van der Waals surface area contributed by atoms with Crippen molar-refractivity contribution in [2.24, 2.45) is 11.3 Å². The summed E-state index contributed by atoms with van der Waals surface area (Å²) in [6, 6.07) is 4.01. The molecule has 1 saturated heterocycles. The van der Waals surface area contributed by atoms with Crippen LogP contribution in [0.25, 0.3) is 10.9 Å². The van der Waals surface area contributed by atoms with Crippen molar-refractivity contribution in [1.82, 2.24) is 15.1 Å². The minimum Gasteiger partial charge on any atom is -0.343 e. The Morgan fingerprint density at radius 2 is 2.08 bits per heavy atom. The van der Waals surface area contributed by atoms with Gasteiger partial charge in [0.25, 0.3) is 0 Å². The molecule has 0 spiro atoms. The van der Waals surface area contributed by atoms with E-state index in [4.69, 9.17) is 11.6 Å². The lowest BCUT2D eigenvalue weighted by molar-refractivity contribution is -0.133. The van der Waals surface area contributed by atoms with Gasteiger partial charge in [-0.1, -0.05) is 32.4 Å². The predicted octanol–water partition coefficient (Wildman–Crippen LogP) is 4.82. The number of nitrogens with zero attached hydrogens (tertiary/aromatic N) is 2. The molecule has 5 heteroatoms. The number of aromatic amines is 1. The standard InChI is InChI=1S/C20H28ClN3O/c1-4-5-18(25)24-8-6-16(7-9-24)20(2,3)12-14-10-17(21)11-15-13-22-23-19(14)15/h10-11,13,16H,4-9,12H2,1-3H3,(H,22,23). The summed E-state index contributed by atoms with van der Waals surface area (Å²) in [5, 5.41) is 9.11. The average molecular weight is 362 g/mol. The zero-order valence-corrected chi connectivity index (χ0v) is 16.2. The minimum absolute atomic E-state index is 0.155. The number of hydrogen-bond acceptors (Lipinski definition) is 2. The van der Waals surface area contributed by atoms with E-state index in [0.29, 0.717) is 18.2 Å². The Morgan fingerprint density at radius 1 is 1.36 bits per heavy atom. The Labute approximate surface area is 154 Å². The third-order valence-electron chi connectivity index (χ3n) is 5.66. The van der Waals surface area contributed by atoms with Crippen LogP contribution in [0.1, 0.15) is 52.0 Å². The highest BCUT2D eigenvalue weighted by Crippen LogP contribution is 2.39. The van der Waals surface area contributed by atoms with Gasteiger partial charge >= 0.3 is 0 Å². The van der Waals surface area contributed by atoms with Crippen LogP contribution >= 0.6 is 11.6 Å². The van der Waals surface area contributed by atoms with Gasteiger partial charge in [0.2, 0.25) is 5.91 Å². The van der Waals surface area contributed by atoms with Crippen LogP contribution in [0.3, 0.4) is 0 Å². The summed E-state index contributed by atoms with van der Waals surface area (Å²) in [5.74, 6) is 0.919. The van der Waals surface area contributed by atoms with E-state index in [1.807, 2.05) is 17.2 Å². The van der Waals surface area contributed by atoms with Crippen LogP contribution in [0.4, 0.5) is 0 Å². The molecule has 0 atom stereocenters. The number of carbonyl (C=O) groups is 1. The fraction of sp³-hybridized carbons (Fsp3) is 0.600. The van der Waals surface area contributed by atoms with Crippen LogP contribution in [0.2, 0.25) is 5.02 Å². The third kappa shape index (κ3) is 4.00. The topological polar surface area (TPSA) is 49.0 Å². The molecule has 2 heterocycles. The van der Waals surface area contributed by atoms with Crippen molar-refractivity contribution in [1.29, 1.82) is 0 Å². The van der Waals surface area contributed by atoms with Crippen LogP contribution in [0.5, 0.6) is 0 Å². The summed E-state index contributed by atoms with van der Waals surface area (Å²) < 4.78 is 0. The number of likely N-dealkylation sites (tertiary alicyclic amines) is 1. The van der Waals surface area contributed by atoms with Gasteiger partial charge in [0.05, 0.1) is 11.7 Å². The van der Waals surface area contributed by atoms with E-state index in [-0.39, 0.29) is 5.41 Å². The molecule has 1 amide bonds. The van der Waals surface area contributed by atoms with Crippen LogP contribution in [0, 0.1) is 11.3 Å². The fourth-order valence-electron chi connectivity index (χ4n) is 4.15. The van der Waals surface area contributed by atoms with Gasteiger partial charge in [0, 0.05) is 29.9 Å². The summed E-state index contributed by atoms with van der Waals surface area (Å²) in [6.45, 7) is 8.52. The number of amides is 1. The number of fused-ring (bicyclic) bond motifs is 1. The second-order valence-electron chi connectivity index (χ2n) is 7.97. The summed E-state index contributed by atoms with van der Waals surface area (Å²) in [4.78, 5) is 14.1. The van der Waals surface area contributed by atoms with Crippen molar-refractivity contribution in [3.63, 3.8) is 0 Å². The molecule has 1 N–H and O–H groups in total. The molecule has 1 aliphatic heterocycles. The predicted molar refractivity (Wildman–Crippen MR) is 103 cm³/mol. The number of halogens is 1. The molecule has 0 unspecified atom stereocenters. The number of aromatic nitrogens is 2. The number of rotatable bonds is 5. The van der Waals surface area contributed by atoms with E-state index in [2.05, 4.69) is 37.0 Å². The first kappa shape index (κ1) is 18.2. The smallest absolute Gasteiger partial charge is 0.222 e. The normalized spacial score (nSPS) is 16.6. The van der Waals surface area contributed by atoms with Crippen molar-refractivity contribution in [2.75, 3.05) is 13.1 Å². The number of hydrogen-bond donors (Lipinski definition) is 1. The molecule has 0 aliphatic carbocycles. The lowest BCUT2D eigenvalue weighted by Crippen LogP contribution is -2.42. The quantitative estimate of drug-likeness (QED) is 0.829. The van der Waals surface area contributed by atoms with Gasteiger partial charge in [-0.15, -0.1) is 0 Å². The number of piperidine rings is 1. The van der Waals surface area contributed by atoms with Crippen molar-refractivity contribution < 1.29 is 4.79 Å². The fourth-order valence-corrected chi connectivity index (χ4v) is 4.40. The SMILES string of the molecule is CCCC(=O)N1CCC(C(C)(C)Cc2cc(Cl)cc3cn[nH]c23)CC1. The average Bonchev–Trinajstić information content (AvgIpc) is 3.03. The number of benzene rings is 1. The maximum absolute atomic E-state index is 12.1. The molecular weight excluding hydrogens is 334 g/mol. The van der Waals surface area contributed by atoms with E-state index in [1.54, 1.807) is 0 Å². The minimum atomic E-state index is 0.155. The maximum Gasteiger partial charge on any atom is 0.222 e. The molecule has 1 fully saturated rings. The Bertz CT molecular complexity index is 744.